The zero-order valence-electron chi connectivity index (χ0n) is 17.7. The summed E-state index contributed by atoms with van der Waals surface area (Å²) in [4.78, 5) is 18.9. The summed E-state index contributed by atoms with van der Waals surface area (Å²) in [6.07, 6.45) is 7.16. The molecule has 0 spiro atoms. The number of carbonyl (C=O) groups is 1. The van der Waals surface area contributed by atoms with Gasteiger partial charge in [0.05, 0.1) is 0 Å². The lowest BCUT2D eigenvalue weighted by atomic mass is 9.97. The lowest BCUT2D eigenvalue weighted by molar-refractivity contribution is -0.126. The van der Waals surface area contributed by atoms with Crippen LogP contribution in [0.2, 0.25) is 5.15 Å². The van der Waals surface area contributed by atoms with Crippen molar-refractivity contribution in [2.75, 3.05) is 39.3 Å². The first-order valence-corrected chi connectivity index (χ1v) is 12.8. The molecule has 0 atom stereocenters. The Bertz CT molecular complexity index is 804. The summed E-state index contributed by atoms with van der Waals surface area (Å²) in [5.74, 6) is 0.756. The van der Waals surface area contributed by atoms with Gasteiger partial charge in [-0.15, -0.1) is 0 Å². The molecule has 2 aliphatic rings. The van der Waals surface area contributed by atoms with Gasteiger partial charge in [-0.1, -0.05) is 18.5 Å². The number of carbonyl (C=O) groups excluding carboxylic acids is 1. The van der Waals surface area contributed by atoms with Crippen LogP contribution in [-0.4, -0.2) is 67.8 Å². The Labute approximate surface area is 185 Å². The van der Waals surface area contributed by atoms with E-state index in [1.54, 1.807) is 6.07 Å². The molecule has 0 unspecified atom stereocenters. The molecule has 7 nitrogen and oxygen atoms in total. The molecular formula is C21H33ClN4O3S. The van der Waals surface area contributed by atoms with Gasteiger partial charge in [0.15, 0.2) is 0 Å². The van der Waals surface area contributed by atoms with Gasteiger partial charge in [-0.3, -0.25) is 4.79 Å². The fourth-order valence-electron chi connectivity index (χ4n) is 4.16. The summed E-state index contributed by atoms with van der Waals surface area (Å²) in [7, 11) is -3.68. The molecule has 2 aliphatic heterocycles. The average Bonchev–Trinajstić information content (AvgIpc) is 2.75. The van der Waals surface area contributed by atoms with E-state index in [9.17, 15) is 13.2 Å². The summed E-state index contributed by atoms with van der Waals surface area (Å²) >= 11 is 5.96. The standard InChI is InChI=1S/C21H33ClN4O3S/c1-17-6-13-25(14-7-17)12-3-2-10-24-21(27)18-8-15-26(16-9-18)30(28,29)19-5-4-11-23-20(19)22/h4-5,11,17-18H,2-3,6-10,12-16H2,1H3,(H,24,27). The molecule has 0 bridgehead atoms. The molecule has 168 valence electrons. The summed E-state index contributed by atoms with van der Waals surface area (Å²) in [5, 5.41) is 3.02. The number of sulfonamides is 1. The number of pyridine rings is 1. The van der Waals surface area contributed by atoms with Gasteiger partial charge in [-0.25, -0.2) is 13.4 Å². The van der Waals surface area contributed by atoms with E-state index >= 15 is 0 Å². The van der Waals surface area contributed by atoms with Crippen molar-refractivity contribution in [3.63, 3.8) is 0 Å². The Morgan fingerprint density at radius 3 is 2.53 bits per heavy atom. The van der Waals surface area contributed by atoms with Crippen LogP contribution in [0.15, 0.2) is 23.2 Å². The first kappa shape index (κ1) is 23.4. The Morgan fingerprint density at radius 2 is 1.87 bits per heavy atom. The maximum atomic E-state index is 12.8. The van der Waals surface area contributed by atoms with Crippen LogP contribution in [0, 0.1) is 11.8 Å². The number of piperidine rings is 2. The van der Waals surface area contributed by atoms with Crippen molar-refractivity contribution in [3.05, 3.63) is 23.5 Å². The molecule has 9 heteroatoms. The highest BCUT2D eigenvalue weighted by Gasteiger charge is 2.33. The molecule has 0 saturated carbocycles. The van der Waals surface area contributed by atoms with Crippen molar-refractivity contribution in [3.8, 4) is 0 Å². The van der Waals surface area contributed by atoms with E-state index in [-0.39, 0.29) is 21.9 Å². The van der Waals surface area contributed by atoms with Crippen LogP contribution in [-0.2, 0) is 14.8 Å². The van der Waals surface area contributed by atoms with Crippen molar-refractivity contribution in [1.29, 1.82) is 0 Å². The van der Waals surface area contributed by atoms with E-state index in [1.807, 2.05) is 0 Å². The Kier molecular flexibility index (Phi) is 8.51. The first-order valence-electron chi connectivity index (χ1n) is 11.0. The Balaban J connectivity index is 1.35. The van der Waals surface area contributed by atoms with Gasteiger partial charge in [0.25, 0.3) is 0 Å². The molecule has 0 aliphatic carbocycles. The Hall–Kier alpha value is -1.22. The van der Waals surface area contributed by atoms with Crippen molar-refractivity contribution in [1.82, 2.24) is 19.5 Å². The third-order valence-electron chi connectivity index (χ3n) is 6.24. The molecule has 2 fully saturated rings. The number of hydrogen-bond acceptors (Lipinski definition) is 5. The number of hydrogen-bond donors (Lipinski definition) is 1. The maximum Gasteiger partial charge on any atom is 0.246 e. The van der Waals surface area contributed by atoms with E-state index in [2.05, 4.69) is 22.1 Å². The van der Waals surface area contributed by atoms with E-state index in [0.29, 0.717) is 32.5 Å². The minimum absolute atomic E-state index is 0.0172. The molecule has 0 radical (unpaired) electrons. The number of aromatic nitrogens is 1. The van der Waals surface area contributed by atoms with Crippen LogP contribution in [0.4, 0.5) is 0 Å². The molecule has 1 amide bonds. The Morgan fingerprint density at radius 1 is 1.17 bits per heavy atom. The number of halogens is 1. The van der Waals surface area contributed by atoms with E-state index in [1.165, 1.54) is 42.5 Å². The first-order chi connectivity index (χ1) is 14.4. The molecule has 2 saturated heterocycles. The predicted molar refractivity (Wildman–Crippen MR) is 118 cm³/mol. The highest BCUT2D eigenvalue weighted by Crippen LogP contribution is 2.27. The zero-order chi connectivity index (χ0) is 21.6. The van der Waals surface area contributed by atoms with E-state index in [4.69, 9.17) is 11.6 Å². The van der Waals surface area contributed by atoms with Gasteiger partial charge in [0.1, 0.15) is 10.0 Å². The highest BCUT2D eigenvalue weighted by molar-refractivity contribution is 7.89. The molecule has 1 aromatic rings. The normalized spacial score (nSPS) is 20.3. The van der Waals surface area contributed by atoms with Crippen LogP contribution >= 0.6 is 11.6 Å². The molecule has 1 aromatic heterocycles. The van der Waals surface area contributed by atoms with Gasteiger partial charge >= 0.3 is 0 Å². The monoisotopic (exact) mass is 456 g/mol. The number of nitrogens with zero attached hydrogens (tertiary/aromatic N) is 3. The quantitative estimate of drug-likeness (QED) is 0.480. The number of rotatable bonds is 8. The largest absolute Gasteiger partial charge is 0.356 e. The third-order valence-corrected chi connectivity index (χ3v) is 8.59. The van der Waals surface area contributed by atoms with E-state index in [0.717, 1.165) is 25.3 Å². The minimum Gasteiger partial charge on any atom is -0.356 e. The van der Waals surface area contributed by atoms with Gasteiger partial charge in [0, 0.05) is 31.7 Å². The number of likely N-dealkylation sites (tertiary alicyclic amines) is 1. The smallest absolute Gasteiger partial charge is 0.246 e. The van der Waals surface area contributed by atoms with Crippen molar-refractivity contribution in [2.45, 2.75) is 50.3 Å². The van der Waals surface area contributed by atoms with Crippen LogP contribution in [0.5, 0.6) is 0 Å². The van der Waals surface area contributed by atoms with E-state index < -0.39 is 10.0 Å². The van der Waals surface area contributed by atoms with Crippen LogP contribution in [0.3, 0.4) is 0 Å². The number of unbranched alkanes of at least 4 members (excludes halogenated alkanes) is 1. The summed E-state index contributed by atoms with van der Waals surface area (Å²) in [6.45, 7) is 7.14. The molecule has 3 heterocycles. The maximum absolute atomic E-state index is 12.8. The van der Waals surface area contributed by atoms with Crippen LogP contribution in [0.1, 0.15) is 45.4 Å². The summed E-state index contributed by atoms with van der Waals surface area (Å²) in [6, 6.07) is 3.03. The molecule has 30 heavy (non-hydrogen) atoms. The highest BCUT2D eigenvalue weighted by atomic mass is 35.5. The fraction of sp³-hybridized carbons (Fsp3) is 0.714. The fourth-order valence-corrected chi connectivity index (χ4v) is 6.06. The predicted octanol–water partition coefficient (Wildman–Crippen LogP) is 2.76. The number of nitrogens with one attached hydrogen (secondary N) is 1. The van der Waals surface area contributed by atoms with Crippen molar-refractivity contribution in [2.24, 2.45) is 11.8 Å². The van der Waals surface area contributed by atoms with Gasteiger partial charge in [-0.05, 0) is 76.2 Å². The van der Waals surface area contributed by atoms with Crippen molar-refractivity contribution < 1.29 is 13.2 Å². The van der Waals surface area contributed by atoms with Gasteiger partial charge in [-0.2, -0.15) is 4.31 Å². The SMILES string of the molecule is CC1CCN(CCCCNC(=O)C2CCN(S(=O)(=O)c3cccnc3Cl)CC2)CC1. The summed E-state index contributed by atoms with van der Waals surface area (Å²) < 4.78 is 26.9. The molecular weight excluding hydrogens is 424 g/mol. The summed E-state index contributed by atoms with van der Waals surface area (Å²) in [5.41, 5.74) is 0. The second kappa shape index (κ2) is 10.9. The second-order valence-electron chi connectivity index (χ2n) is 8.49. The lowest BCUT2D eigenvalue weighted by Gasteiger charge is -2.31. The van der Waals surface area contributed by atoms with Gasteiger partial charge < -0.3 is 10.2 Å². The molecule has 1 N–H and O–H groups in total. The topological polar surface area (TPSA) is 82.6 Å². The minimum atomic E-state index is -3.68. The number of amides is 1. The molecule has 0 aromatic carbocycles. The lowest BCUT2D eigenvalue weighted by Crippen LogP contribution is -2.43. The second-order valence-corrected chi connectivity index (χ2v) is 10.8. The van der Waals surface area contributed by atoms with Crippen LogP contribution in [0.25, 0.3) is 0 Å². The molecule has 3 rings (SSSR count). The average molecular weight is 457 g/mol. The van der Waals surface area contributed by atoms with Crippen LogP contribution < -0.4 is 5.32 Å². The van der Waals surface area contributed by atoms with Crippen molar-refractivity contribution >= 4 is 27.5 Å². The third kappa shape index (κ3) is 6.15. The van der Waals surface area contributed by atoms with Gasteiger partial charge in [0.2, 0.25) is 15.9 Å². The zero-order valence-corrected chi connectivity index (χ0v) is 19.3.